The van der Waals surface area contributed by atoms with E-state index in [-0.39, 0.29) is 6.04 Å². The lowest BCUT2D eigenvalue weighted by Gasteiger charge is -2.13. The van der Waals surface area contributed by atoms with Gasteiger partial charge in [-0.1, -0.05) is 6.07 Å². The zero-order valence-electron chi connectivity index (χ0n) is 9.97. The van der Waals surface area contributed by atoms with Crippen LogP contribution in [-0.4, -0.2) is 11.6 Å². The van der Waals surface area contributed by atoms with Crippen molar-refractivity contribution in [3.05, 3.63) is 46.7 Å². The number of pyridine rings is 1. The molecule has 6 heteroatoms. The number of aromatic nitrogens is 1. The average molecular weight is 322 g/mol. The monoisotopic (exact) mass is 321 g/mol. The number of nitrogens with zero attached hydrogens (tertiary/aromatic N) is 1. The highest BCUT2D eigenvalue weighted by molar-refractivity contribution is 9.10. The smallest absolute Gasteiger partial charge is 0.212 e. The van der Waals surface area contributed by atoms with E-state index in [1.54, 1.807) is 12.3 Å². The molecule has 0 saturated carbocycles. The fourth-order valence-electron chi connectivity index (χ4n) is 1.85. The number of ether oxygens (including phenoxy) is 1. The van der Waals surface area contributed by atoms with Crippen LogP contribution in [0.3, 0.4) is 0 Å². The van der Waals surface area contributed by atoms with E-state index < -0.39 is 0 Å². The van der Waals surface area contributed by atoms with Gasteiger partial charge in [-0.15, -0.1) is 5.48 Å². The zero-order chi connectivity index (χ0) is 13.2. The molecule has 98 valence electrons. The molecule has 3 N–H and O–H groups in total. The van der Waals surface area contributed by atoms with Crippen LogP contribution in [0.1, 0.15) is 11.7 Å². The second-order valence-electron chi connectivity index (χ2n) is 4.13. The SMILES string of the molecule is Nc1ccc(Br)c2c1ONC(c1ccccn1)CO2. The third-order valence-electron chi connectivity index (χ3n) is 2.84. The maximum Gasteiger partial charge on any atom is 0.212 e. The Morgan fingerprint density at radius 2 is 2.16 bits per heavy atom. The summed E-state index contributed by atoms with van der Waals surface area (Å²) in [6.45, 7) is 0.409. The van der Waals surface area contributed by atoms with Crippen LogP contribution in [0.25, 0.3) is 0 Å². The molecule has 1 atom stereocenters. The van der Waals surface area contributed by atoms with Crippen LogP contribution in [0.15, 0.2) is 41.0 Å². The average Bonchev–Trinajstić information content (AvgIpc) is 2.68. The quantitative estimate of drug-likeness (QED) is 0.789. The van der Waals surface area contributed by atoms with Gasteiger partial charge in [-0.05, 0) is 40.2 Å². The third-order valence-corrected chi connectivity index (χ3v) is 3.46. The molecule has 0 spiro atoms. The fourth-order valence-corrected chi connectivity index (χ4v) is 2.28. The topological polar surface area (TPSA) is 69.4 Å². The molecule has 0 aliphatic carbocycles. The van der Waals surface area contributed by atoms with E-state index >= 15 is 0 Å². The van der Waals surface area contributed by atoms with Crippen molar-refractivity contribution in [2.75, 3.05) is 12.3 Å². The summed E-state index contributed by atoms with van der Waals surface area (Å²) in [6.07, 6.45) is 1.74. The molecule has 5 nitrogen and oxygen atoms in total. The third kappa shape index (κ3) is 2.36. The summed E-state index contributed by atoms with van der Waals surface area (Å²) in [6, 6.07) is 9.14. The number of fused-ring (bicyclic) bond motifs is 1. The summed E-state index contributed by atoms with van der Waals surface area (Å²) in [5, 5.41) is 0. The summed E-state index contributed by atoms with van der Waals surface area (Å²) < 4.78 is 6.58. The van der Waals surface area contributed by atoms with Crippen molar-refractivity contribution < 1.29 is 9.57 Å². The van der Waals surface area contributed by atoms with Crippen LogP contribution in [0.2, 0.25) is 0 Å². The number of nitrogen functional groups attached to an aromatic ring is 1. The molecule has 3 rings (SSSR count). The van der Waals surface area contributed by atoms with Crippen LogP contribution in [0.4, 0.5) is 5.69 Å². The minimum absolute atomic E-state index is 0.153. The fraction of sp³-hybridized carbons (Fsp3) is 0.154. The summed E-state index contributed by atoms with van der Waals surface area (Å²) >= 11 is 3.42. The molecule has 1 unspecified atom stereocenters. The lowest BCUT2D eigenvalue weighted by atomic mass is 10.2. The van der Waals surface area contributed by atoms with Crippen LogP contribution in [0, 0.1) is 0 Å². The number of hydroxylamine groups is 1. The van der Waals surface area contributed by atoms with Gasteiger partial charge >= 0.3 is 0 Å². The van der Waals surface area contributed by atoms with Gasteiger partial charge in [-0.25, -0.2) is 0 Å². The molecular formula is C13H12BrN3O2. The first-order valence-electron chi connectivity index (χ1n) is 5.80. The first kappa shape index (κ1) is 12.3. The molecule has 0 saturated heterocycles. The molecule has 1 aliphatic rings. The second-order valence-corrected chi connectivity index (χ2v) is 4.99. The lowest BCUT2D eigenvalue weighted by Crippen LogP contribution is -2.28. The van der Waals surface area contributed by atoms with Gasteiger partial charge in [0.15, 0.2) is 5.75 Å². The Balaban J connectivity index is 1.89. The highest BCUT2D eigenvalue weighted by Gasteiger charge is 2.23. The van der Waals surface area contributed by atoms with E-state index in [9.17, 15) is 0 Å². The van der Waals surface area contributed by atoms with Crippen LogP contribution < -0.4 is 20.8 Å². The molecule has 1 aromatic heterocycles. The molecule has 1 aromatic carbocycles. The van der Waals surface area contributed by atoms with Crippen molar-refractivity contribution in [2.24, 2.45) is 0 Å². The van der Waals surface area contributed by atoms with Crippen LogP contribution in [-0.2, 0) is 0 Å². The zero-order valence-corrected chi connectivity index (χ0v) is 11.6. The van der Waals surface area contributed by atoms with Gasteiger partial charge in [0.25, 0.3) is 0 Å². The second kappa shape index (κ2) is 5.07. The van der Waals surface area contributed by atoms with Gasteiger partial charge in [0, 0.05) is 6.20 Å². The molecule has 0 radical (unpaired) electrons. The number of anilines is 1. The predicted molar refractivity (Wildman–Crippen MR) is 74.8 cm³/mol. The number of benzene rings is 1. The van der Waals surface area contributed by atoms with Crippen LogP contribution >= 0.6 is 15.9 Å². The Labute approximate surface area is 118 Å². The Bertz CT molecular complexity index is 559. The van der Waals surface area contributed by atoms with Crippen molar-refractivity contribution in [3.8, 4) is 11.5 Å². The molecule has 1 aliphatic heterocycles. The van der Waals surface area contributed by atoms with E-state index in [1.807, 2.05) is 24.3 Å². The molecular weight excluding hydrogens is 310 g/mol. The molecule has 0 fully saturated rings. The Morgan fingerprint density at radius 3 is 2.95 bits per heavy atom. The minimum atomic E-state index is -0.153. The van der Waals surface area contributed by atoms with E-state index in [4.69, 9.17) is 15.3 Å². The molecule has 0 bridgehead atoms. The molecule has 2 heterocycles. The van der Waals surface area contributed by atoms with E-state index in [0.29, 0.717) is 23.8 Å². The van der Waals surface area contributed by atoms with Gasteiger partial charge in [-0.3, -0.25) is 4.98 Å². The Morgan fingerprint density at radius 1 is 1.26 bits per heavy atom. The van der Waals surface area contributed by atoms with Crippen LogP contribution in [0.5, 0.6) is 11.5 Å². The Hall–Kier alpha value is -1.79. The van der Waals surface area contributed by atoms with Crippen molar-refractivity contribution >= 4 is 21.6 Å². The maximum absolute atomic E-state index is 5.88. The standard InChI is InChI=1S/C13H12BrN3O2/c14-8-4-5-9(15)13-12(8)18-7-11(17-19-13)10-3-1-2-6-16-10/h1-6,11,17H,7,15H2. The largest absolute Gasteiger partial charge is 0.486 e. The van der Waals surface area contributed by atoms with Gasteiger partial charge in [0.2, 0.25) is 5.75 Å². The summed E-state index contributed by atoms with van der Waals surface area (Å²) in [4.78, 5) is 9.84. The molecule has 19 heavy (non-hydrogen) atoms. The maximum atomic E-state index is 5.88. The van der Waals surface area contributed by atoms with Gasteiger partial charge < -0.3 is 15.3 Å². The van der Waals surface area contributed by atoms with Gasteiger partial charge in [-0.2, -0.15) is 0 Å². The summed E-state index contributed by atoms with van der Waals surface area (Å²) in [5.41, 5.74) is 10.2. The number of nitrogens with two attached hydrogens (primary N) is 1. The summed E-state index contributed by atoms with van der Waals surface area (Å²) in [5.74, 6) is 1.10. The number of rotatable bonds is 1. The van der Waals surface area contributed by atoms with Crippen molar-refractivity contribution in [1.82, 2.24) is 10.5 Å². The summed E-state index contributed by atoms with van der Waals surface area (Å²) in [7, 11) is 0. The molecule has 2 aromatic rings. The van der Waals surface area contributed by atoms with E-state index in [2.05, 4.69) is 26.4 Å². The lowest BCUT2D eigenvalue weighted by molar-refractivity contribution is 0.149. The van der Waals surface area contributed by atoms with Crippen molar-refractivity contribution in [3.63, 3.8) is 0 Å². The normalized spacial score (nSPS) is 17.8. The minimum Gasteiger partial charge on any atom is -0.486 e. The van der Waals surface area contributed by atoms with Gasteiger partial charge in [0.1, 0.15) is 12.6 Å². The molecule has 0 amide bonds. The number of halogens is 1. The van der Waals surface area contributed by atoms with Crippen molar-refractivity contribution in [1.29, 1.82) is 0 Å². The Kier molecular flexibility index (Phi) is 3.27. The number of nitrogens with one attached hydrogen (secondary N) is 1. The van der Waals surface area contributed by atoms with E-state index in [1.165, 1.54) is 0 Å². The number of hydrogen-bond donors (Lipinski definition) is 2. The van der Waals surface area contributed by atoms with Gasteiger partial charge in [0.05, 0.1) is 15.9 Å². The van der Waals surface area contributed by atoms with Crippen molar-refractivity contribution in [2.45, 2.75) is 6.04 Å². The van der Waals surface area contributed by atoms with E-state index in [0.717, 1.165) is 10.2 Å². The predicted octanol–water partition coefficient (Wildman–Crippen LogP) is 2.44. The highest BCUT2D eigenvalue weighted by atomic mass is 79.9. The first-order valence-corrected chi connectivity index (χ1v) is 6.59. The number of hydrogen-bond acceptors (Lipinski definition) is 5. The first-order chi connectivity index (χ1) is 9.25. The highest BCUT2D eigenvalue weighted by Crippen LogP contribution is 2.41.